The molecule has 0 radical (unpaired) electrons. The van der Waals surface area contributed by atoms with Crippen molar-refractivity contribution in [3.63, 3.8) is 0 Å². The molecule has 194 valence electrons. The van der Waals surface area contributed by atoms with Crippen LogP contribution in [-0.4, -0.2) is 30.1 Å². The Hall–Kier alpha value is -0.273. The molecule has 0 fully saturated rings. The van der Waals surface area contributed by atoms with Crippen molar-refractivity contribution in [1.82, 2.24) is 0 Å². The number of nitrogens with zero attached hydrogens (tertiary/aromatic N) is 1. The molecule has 0 N–H and O–H groups in total. The molecule has 0 unspecified atom stereocenters. The second kappa shape index (κ2) is 22.2. The van der Waals surface area contributed by atoms with Gasteiger partial charge in [-0.1, -0.05) is 90.0 Å². The van der Waals surface area contributed by atoms with Crippen LogP contribution in [0.3, 0.4) is 0 Å². The van der Waals surface area contributed by atoms with Gasteiger partial charge in [-0.2, -0.15) is 0 Å². The van der Waals surface area contributed by atoms with Crippen molar-refractivity contribution in [3.8, 4) is 0 Å². The summed E-state index contributed by atoms with van der Waals surface area (Å²) in [5.74, 6) is 0. The predicted molar refractivity (Wildman–Crippen MR) is 137 cm³/mol. The molecular weight excluding hydrogens is 494 g/mol. The molecule has 0 spiro atoms. The maximum atomic E-state index is 5.55. The number of rotatable bonds is 22. The van der Waals surface area contributed by atoms with Gasteiger partial charge in [0.1, 0.15) is 6.54 Å². The molecule has 1 heterocycles. The Morgan fingerprint density at radius 1 is 0.667 bits per heavy atom. The summed E-state index contributed by atoms with van der Waals surface area (Å²) in [7, 11) is 2.62. The number of pyridine rings is 1. The van der Waals surface area contributed by atoms with Crippen molar-refractivity contribution in [1.29, 1.82) is 0 Å². The van der Waals surface area contributed by atoms with Crippen molar-refractivity contribution in [2.45, 2.75) is 122 Å². The van der Waals surface area contributed by atoms with E-state index in [9.17, 15) is 0 Å². The lowest BCUT2D eigenvalue weighted by Gasteiger charge is -2.23. The van der Waals surface area contributed by atoms with E-state index in [1.54, 1.807) is 21.3 Å². The van der Waals surface area contributed by atoms with E-state index >= 15 is 0 Å². The van der Waals surface area contributed by atoms with Gasteiger partial charge >= 0.3 is 8.80 Å². The number of aryl methyl sites for hydroxylation is 2. The summed E-state index contributed by atoms with van der Waals surface area (Å²) in [6, 6.07) is 7.39. The second-order valence-corrected chi connectivity index (χ2v) is 12.2. The van der Waals surface area contributed by atoms with Gasteiger partial charge in [-0.05, 0) is 12.8 Å². The zero-order valence-electron chi connectivity index (χ0n) is 22.1. The van der Waals surface area contributed by atoms with Crippen LogP contribution in [0, 0.1) is 0 Å². The lowest BCUT2D eigenvalue weighted by molar-refractivity contribution is -0.704. The fraction of sp³-hybridized carbons (Fsp3) is 0.815. The Bertz CT molecular complexity index is 550. The Balaban J connectivity index is 0.0000102. The monoisotopic (exact) mass is 545 g/mol. The van der Waals surface area contributed by atoms with E-state index in [4.69, 9.17) is 13.3 Å². The largest absolute Gasteiger partial charge is 1.00 e. The zero-order valence-corrected chi connectivity index (χ0v) is 24.7. The first-order valence-electron chi connectivity index (χ1n) is 13.3. The van der Waals surface area contributed by atoms with Crippen molar-refractivity contribution >= 4 is 8.80 Å². The normalized spacial score (nSPS) is 11.5. The molecule has 0 aliphatic rings. The maximum absolute atomic E-state index is 5.55. The predicted octanol–water partition coefficient (Wildman–Crippen LogP) is 4.27. The molecule has 1 aromatic rings. The van der Waals surface area contributed by atoms with Gasteiger partial charge in [-0.25, -0.2) is 4.57 Å². The fourth-order valence-electron chi connectivity index (χ4n) is 4.48. The zero-order chi connectivity index (χ0) is 23.3. The maximum Gasteiger partial charge on any atom is 0.500 e. The minimum atomic E-state index is -2.46. The number of unbranched alkanes of at least 4 members (excludes halogenated alkanes) is 13. The molecule has 0 aliphatic carbocycles. The number of hydrogen-bond acceptors (Lipinski definition) is 3. The lowest BCUT2D eigenvalue weighted by Crippen LogP contribution is -3.00. The van der Waals surface area contributed by atoms with Gasteiger partial charge in [0.2, 0.25) is 0 Å². The summed E-state index contributed by atoms with van der Waals surface area (Å²) < 4.78 is 19.1. The molecule has 1 aromatic heterocycles. The first-order chi connectivity index (χ1) is 15.7. The minimum Gasteiger partial charge on any atom is -1.00 e. The Kier molecular flexibility index (Phi) is 22.0. The van der Waals surface area contributed by atoms with Crippen LogP contribution in [-0.2, 0) is 26.2 Å². The molecule has 0 saturated heterocycles. The first kappa shape index (κ1) is 32.7. The van der Waals surface area contributed by atoms with E-state index < -0.39 is 8.80 Å². The summed E-state index contributed by atoms with van der Waals surface area (Å²) in [4.78, 5) is 0. The Labute approximate surface area is 216 Å². The van der Waals surface area contributed by atoms with E-state index in [0.717, 1.165) is 25.4 Å². The highest BCUT2D eigenvalue weighted by Crippen LogP contribution is 2.17. The third-order valence-electron chi connectivity index (χ3n) is 6.64. The molecular formula is C27H52BrNO3Si. The highest BCUT2D eigenvalue weighted by molar-refractivity contribution is 6.60. The fourth-order valence-corrected chi connectivity index (χ4v) is 6.20. The van der Waals surface area contributed by atoms with Gasteiger partial charge in [0.05, 0.1) is 0 Å². The average Bonchev–Trinajstić information content (AvgIpc) is 2.83. The van der Waals surface area contributed by atoms with Crippen LogP contribution in [0.4, 0.5) is 0 Å². The van der Waals surface area contributed by atoms with Crippen LogP contribution < -0.4 is 21.5 Å². The van der Waals surface area contributed by atoms with Gasteiger partial charge in [-0.15, -0.1) is 0 Å². The quantitative estimate of drug-likeness (QED) is 0.124. The number of hydrogen-bond donors (Lipinski definition) is 0. The topological polar surface area (TPSA) is 31.6 Å². The molecule has 4 nitrogen and oxygen atoms in total. The highest BCUT2D eigenvalue weighted by atomic mass is 79.9. The van der Waals surface area contributed by atoms with Crippen LogP contribution >= 0.6 is 0 Å². The van der Waals surface area contributed by atoms with E-state index in [1.165, 1.54) is 95.6 Å². The standard InChI is InChI=1S/C27H52NO3Si.BrH/c1-5-6-7-8-9-10-11-12-13-14-15-16-17-19-24-28-25-20-18-22-27(28)23-21-26-32(29-2,30-3)31-4;/h18,20,22,25H,5-17,19,21,23-24,26H2,1-4H3;1H/q+1;/p-1. The van der Waals surface area contributed by atoms with Crippen LogP contribution in [0.2, 0.25) is 6.04 Å². The number of halogens is 1. The average molecular weight is 547 g/mol. The third kappa shape index (κ3) is 15.4. The molecule has 33 heavy (non-hydrogen) atoms. The smallest absolute Gasteiger partial charge is 0.500 e. The molecule has 0 atom stereocenters. The van der Waals surface area contributed by atoms with Crippen molar-refractivity contribution in [2.24, 2.45) is 0 Å². The van der Waals surface area contributed by atoms with E-state index in [2.05, 4.69) is 35.9 Å². The first-order valence-corrected chi connectivity index (χ1v) is 15.3. The van der Waals surface area contributed by atoms with Crippen LogP contribution in [0.5, 0.6) is 0 Å². The Morgan fingerprint density at radius 2 is 1.15 bits per heavy atom. The van der Waals surface area contributed by atoms with Gasteiger partial charge in [0.15, 0.2) is 11.9 Å². The van der Waals surface area contributed by atoms with Gasteiger partial charge in [0.25, 0.3) is 0 Å². The molecule has 0 amide bonds. The molecule has 0 bridgehead atoms. The third-order valence-corrected chi connectivity index (χ3v) is 9.47. The molecule has 1 rings (SSSR count). The van der Waals surface area contributed by atoms with E-state index in [0.29, 0.717) is 0 Å². The van der Waals surface area contributed by atoms with Gasteiger partial charge in [0, 0.05) is 52.3 Å². The van der Waals surface area contributed by atoms with Gasteiger partial charge in [-0.3, -0.25) is 0 Å². The summed E-state index contributed by atoms with van der Waals surface area (Å²) in [6.45, 7) is 3.41. The minimum absolute atomic E-state index is 0. The SMILES string of the molecule is CCCCCCCCCCCCCCCC[n+]1ccccc1CCC[Si](OC)(OC)OC.[Br-]. The molecule has 0 saturated carbocycles. The van der Waals surface area contributed by atoms with Crippen molar-refractivity contribution in [3.05, 3.63) is 30.1 Å². The van der Waals surface area contributed by atoms with E-state index in [1.807, 2.05) is 0 Å². The van der Waals surface area contributed by atoms with Crippen LogP contribution in [0.1, 0.15) is 109 Å². The molecule has 0 aromatic carbocycles. The van der Waals surface area contributed by atoms with Crippen molar-refractivity contribution in [2.75, 3.05) is 21.3 Å². The Morgan fingerprint density at radius 3 is 1.64 bits per heavy atom. The summed E-state index contributed by atoms with van der Waals surface area (Å²) in [6.07, 6.45) is 24.0. The summed E-state index contributed by atoms with van der Waals surface area (Å²) in [5.41, 5.74) is 1.40. The van der Waals surface area contributed by atoms with Crippen molar-refractivity contribution < 1.29 is 34.8 Å². The molecule has 0 aliphatic heterocycles. The lowest BCUT2D eigenvalue weighted by atomic mass is 10.0. The second-order valence-electron chi connectivity index (χ2n) is 9.13. The molecule has 6 heteroatoms. The van der Waals surface area contributed by atoms with Gasteiger partial charge < -0.3 is 30.3 Å². The summed E-state index contributed by atoms with van der Waals surface area (Å²) >= 11 is 0. The van der Waals surface area contributed by atoms with Crippen LogP contribution in [0.25, 0.3) is 0 Å². The summed E-state index contributed by atoms with van der Waals surface area (Å²) in [5, 5.41) is 0. The number of aromatic nitrogens is 1. The van der Waals surface area contributed by atoms with Crippen LogP contribution in [0.15, 0.2) is 24.4 Å². The highest BCUT2D eigenvalue weighted by Gasteiger charge is 2.37. The van der Waals surface area contributed by atoms with E-state index in [-0.39, 0.29) is 17.0 Å².